The largest absolute Gasteiger partial charge is 0.396 e. The van der Waals surface area contributed by atoms with E-state index in [1.165, 1.54) is 5.56 Å². The van der Waals surface area contributed by atoms with Gasteiger partial charge in [0, 0.05) is 26.3 Å². The number of aryl methyl sites for hydroxylation is 1. The maximum Gasteiger partial charge on any atom is 0.227 e. The summed E-state index contributed by atoms with van der Waals surface area (Å²) < 4.78 is 5.69. The minimum absolute atomic E-state index is 0.174. The van der Waals surface area contributed by atoms with Crippen LogP contribution in [-0.4, -0.2) is 48.3 Å². The van der Waals surface area contributed by atoms with Crippen molar-refractivity contribution < 1.29 is 14.6 Å². The van der Waals surface area contributed by atoms with Crippen LogP contribution in [-0.2, 0) is 16.0 Å². The van der Waals surface area contributed by atoms with Gasteiger partial charge in [-0.05, 0) is 37.3 Å². The van der Waals surface area contributed by atoms with Crippen molar-refractivity contribution in [3.8, 4) is 0 Å². The number of carbonyl (C=O) groups is 1. The van der Waals surface area contributed by atoms with Gasteiger partial charge in [0.05, 0.1) is 12.5 Å². The highest BCUT2D eigenvalue weighted by atomic mass is 16.5. The number of hydrogen-bond acceptors (Lipinski definition) is 3. The Balaban J connectivity index is 1.77. The Kier molecular flexibility index (Phi) is 6.21. The highest BCUT2D eigenvalue weighted by Crippen LogP contribution is 2.16. The topological polar surface area (TPSA) is 49.8 Å². The van der Waals surface area contributed by atoms with Crippen LogP contribution in [0.25, 0.3) is 0 Å². The maximum absolute atomic E-state index is 12.3. The normalized spacial score (nSPS) is 16.2. The van der Waals surface area contributed by atoms with E-state index >= 15 is 0 Å². The first-order valence-electron chi connectivity index (χ1n) is 7.75. The van der Waals surface area contributed by atoms with Gasteiger partial charge in [-0.25, -0.2) is 0 Å². The van der Waals surface area contributed by atoms with Crippen molar-refractivity contribution in [2.45, 2.75) is 38.7 Å². The summed E-state index contributed by atoms with van der Waals surface area (Å²) in [6, 6.07) is 8.05. The van der Waals surface area contributed by atoms with E-state index in [1.54, 1.807) is 0 Å². The van der Waals surface area contributed by atoms with Crippen molar-refractivity contribution in [1.82, 2.24) is 4.90 Å². The molecule has 116 valence electrons. The van der Waals surface area contributed by atoms with Gasteiger partial charge in [0.1, 0.15) is 0 Å². The molecule has 1 fully saturated rings. The van der Waals surface area contributed by atoms with Gasteiger partial charge in [-0.15, -0.1) is 0 Å². The van der Waals surface area contributed by atoms with Crippen LogP contribution in [0.15, 0.2) is 24.3 Å². The lowest BCUT2D eigenvalue weighted by atomic mass is 10.0. The van der Waals surface area contributed by atoms with Crippen molar-refractivity contribution in [2.24, 2.45) is 0 Å². The second-order valence-electron chi connectivity index (χ2n) is 5.63. The second kappa shape index (κ2) is 8.15. The van der Waals surface area contributed by atoms with Crippen molar-refractivity contribution in [3.63, 3.8) is 0 Å². The number of ether oxygens (including phenoxy) is 1. The molecule has 0 unspecified atom stereocenters. The first-order chi connectivity index (χ1) is 10.2. The number of aliphatic hydroxyl groups is 1. The van der Waals surface area contributed by atoms with Gasteiger partial charge in [-0.3, -0.25) is 4.79 Å². The second-order valence-corrected chi connectivity index (χ2v) is 5.63. The first kappa shape index (κ1) is 16.0. The van der Waals surface area contributed by atoms with E-state index in [-0.39, 0.29) is 18.6 Å². The molecule has 0 bridgehead atoms. The number of amides is 1. The molecular formula is C17H25NO3. The maximum atomic E-state index is 12.3. The summed E-state index contributed by atoms with van der Waals surface area (Å²) in [5, 5.41) is 8.74. The number of likely N-dealkylation sites (tertiary alicyclic amines) is 1. The number of rotatable bonds is 6. The Morgan fingerprint density at radius 1 is 1.33 bits per heavy atom. The van der Waals surface area contributed by atoms with Crippen LogP contribution in [0.5, 0.6) is 0 Å². The number of carbonyl (C=O) groups excluding carboxylic acids is 1. The molecule has 0 radical (unpaired) electrons. The summed E-state index contributed by atoms with van der Waals surface area (Å²) in [7, 11) is 0. The van der Waals surface area contributed by atoms with Gasteiger partial charge < -0.3 is 14.7 Å². The van der Waals surface area contributed by atoms with Crippen LogP contribution in [0.4, 0.5) is 0 Å². The third-order valence-corrected chi connectivity index (χ3v) is 4.05. The predicted molar refractivity (Wildman–Crippen MR) is 82.1 cm³/mol. The van der Waals surface area contributed by atoms with Gasteiger partial charge in [0.15, 0.2) is 0 Å². The molecule has 2 rings (SSSR count). The fraction of sp³-hybridized carbons (Fsp3) is 0.588. The molecule has 1 saturated heterocycles. The van der Waals surface area contributed by atoms with Gasteiger partial charge in [-0.2, -0.15) is 0 Å². The number of piperidine rings is 1. The third-order valence-electron chi connectivity index (χ3n) is 4.05. The molecule has 21 heavy (non-hydrogen) atoms. The average molecular weight is 291 g/mol. The van der Waals surface area contributed by atoms with E-state index in [0.717, 1.165) is 31.5 Å². The highest BCUT2D eigenvalue weighted by molar-refractivity contribution is 5.79. The fourth-order valence-electron chi connectivity index (χ4n) is 2.67. The third kappa shape index (κ3) is 4.83. The van der Waals surface area contributed by atoms with Gasteiger partial charge in [0.25, 0.3) is 0 Å². The van der Waals surface area contributed by atoms with Crippen LogP contribution in [0.2, 0.25) is 0 Å². The Morgan fingerprint density at radius 2 is 2.05 bits per heavy atom. The minimum atomic E-state index is 0.174. The molecule has 1 N–H and O–H groups in total. The average Bonchev–Trinajstić information content (AvgIpc) is 2.50. The zero-order valence-corrected chi connectivity index (χ0v) is 12.8. The fourth-order valence-corrected chi connectivity index (χ4v) is 2.67. The zero-order valence-electron chi connectivity index (χ0n) is 12.8. The van der Waals surface area contributed by atoms with E-state index in [0.29, 0.717) is 19.4 Å². The first-order valence-corrected chi connectivity index (χ1v) is 7.75. The molecule has 1 aromatic rings. The monoisotopic (exact) mass is 291 g/mol. The molecule has 0 saturated carbocycles. The molecule has 1 aromatic carbocycles. The van der Waals surface area contributed by atoms with E-state index in [4.69, 9.17) is 9.84 Å². The Morgan fingerprint density at radius 3 is 2.71 bits per heavy atom. The number of aliphatic hydroxyl groups excluding tert-OH is 1. The van der Waals surface area contributed by atoms with Gasteiger partial charge in [-0.1, -0.05) is 24.3 Å². The number of nitrogens with zero attached hydrogens (tertiary/aromatic N) is 1. The Labute approximate surface area is 126 Å². The molecule has 0 aromatic heterocycles. The Hall–Kier alpha value is -1.39. The lowest BCUT2D eigenvalue weighted by molar-refractivity contribution is -0.133. The van der Waals surface area contributed by atoms with E-state index in [1.807, 2.05) is 36.1 Å². The van der Waals surface area contributed by atoms with Crippen LogP contribution in [0.3, 0.4) is 0 Å². The summed E-state index contributed by atoms with van der Waals surface area (Å²) >= 11 is 0. The molecule has 1 heterocycles. The molecule has 4 heteroatoms. The predicted octanol–water partition coefficient (Wildman–Crippen LogP) is 1.93. The molecule has 0 aliphatic carbocycles. The Bertz CT molecular complexity index is 453. The van der Waals surface area contributed by atoms with Crippen molar-refractivity contribution >= 4 is 5.91 Å². The summed E-state index contributed by atoms with van der Waals surface area (Å²) in [4.78, 5) is 14.3. The van der Waals surface area contributed by atoms with Crippen molar-refractivity contribution in [2.75, 3.05) is 26.3 Å². The zero-order chi connectivity index (χ0) is 15.1. The SMILES string of the molecule is Cc1ccccc1CC(=O)N1CCC(OCCCO)CC1. The van der Waals surface area contributed by atoms with E-state index in [9.17, 15) is 4.79 Å². The minimum Gasteiger partial charge on any atom is -0.396 e. The standard InChI is InChI=1S/C17H25NO3/c1-14-5-2-3-6-15(14)13-17(20)18-9-7-16(8-10-18)21-12-4-11-19/h2-3,5-6,16,19H,4,7-13H2,1H3. The van der Waals surface area contributed by atoms with Crippen LogP contribution >= 0.6 is 0 Å². The van der Waals surface area contributed by atoms with Crippen LogP contribution in [0, 0.1) is 6.92 Å². The van der Waals surface area contributed by atoms with Crippen molar-refractivity contribution in [3.05, 3.63) is 35.4 Å². The summed E-state index contributed by atoms with van der Waals surface area (Å²) in [6.45, 7) is 4.37. The molecule has 4 nitrogen and oxygen atoms in total. The molecule has 0 spiro atoms. The molecular weight excluding hydrogens is 266 g/mol. The van der Waals surface area contributed by atoms with Crippen LogP contribution in [0.1, 0.15) is 30.4 Å². The molecule has 1 amide bonds. The van der Waals surface area contributed by atoms with Crippen LogP contribution < -0.4 is 0 Å². The van der Waals surface area contributed by atoms with E-state index < -0.39 is 0 Å². The van der Waals surface area contributed by atoms with Crippen molar-refractivity contribution in [1.29, 1.82) is 0 Å². The van der Waals surface area contributed by atoms with E-state index in [2.05, 4.69) is 0 Å². The number of benzene rings is 1. The smallest absolute Gasteiger partial charge is 0.227 e. The molecule has 1 aliphatic heterocycles. The van der Waals surface area contributed by atoms with Gasteiger partial charge >= 0.3 is 0 Å². The van der Waals surface area contributed by atoms with Gasteiger partial charge in [0.2, 0.25) is 5.91 Å². The number of hydrogen-bond donors (Lipinski definition) is 1. The quantitative estimate of drug-likeness (QED) is 0.815. The summed E-state index contributed by atoms with van der Waals surface area (Å²) in [6.07, 6.45) is 3.20. The summed E-state index contributed by atoms with van der Waals surface area (Å²) in [5.74, 6) is 0.207. The lowest BCUT2D eigenvalue weighted by Gasteiger charge is -2.32. The molecule has 1 aliphatic rings. The summed E-state index contributed by atoms with van der Waals surface area (Å²) in [5.41, 5.74) is 2.29. The lowest BCUT2D eigenvalue weighted by Crippen LogP contribution is -2.41. The highest BCUT2D eigenvalue weighted by Gasteiger charge is 2.23. The molecule has 0 atom stereocenters.